The van der Waals surface area contributed by atoms with Crippen LogP contribution in [0.15, 0.2) is 48.5 Å². The minimum atomic E-state index is -0.892. The van der Waals surface area contributed by atoms with Crippen molar-refractivity contribution in [3.63, 3.8) is 0 Å². The van der Waals surface area contributed by atoms with Crippen LogP contribution in [0.4, 0.5) is 4.79 Å². The minimum Gasteiger partial charge on any atom is -0.481 e. The predicted octanol–water partition coefficient (Wildman–Crippen LogP) is 4.56. The highest BCUT2D eigenvalue weighted by atomic mass is 16.5. The number of hydrogen-bond acceptors (Lipinski definition) is 4. The number of carboxylic acids is 1. The number of aliphatic carboxylic acids is 1. The predicted molar refractivity (Wildman–Crippen MR) is 130 cm³/mol. The second kappa shape index (κ2) is 11.7. The van der Waals surface area contributed by atoms with Crippen LogP contribution in [0.1, 0.15) is 57.1 Å². The lowest BCUT2D eigenvalue weighted by molar-refractivity contribution is -0.138. The van der Waals surface area contributed by atoms with Gasteiger partial charge in [-0.2, -0.15) is 0 Å². The van der Waals surface area contributed by atoms with E-state index in [2.05, 4.69) is 34.9 Å². The largest absolute Gasteiger partial charge is 0.481 e. The maximum absolute atomic E-state index is 12.8. The van der Waals surface area contributed by atoms with Gasteiger partial charge >= 0.3 is 12.1 Å². The molecule has 0 saturated carbocycles. The van der Waals surface area contributed by atoms with Crippen molar-refractivity contribution in [3.8, 4) is 11.1 Å². The van der Waals surface area contributed by atoms with Gasteiger partial charge in [0, 0.05) is 18.9 Å². The smallest absolute Gasteiger partial charge is 0.407 e. The summed E-state index contributed by atoms with van der Waals surface area (Å²) in [5.74, 6) is -1.55. The number of rotatable bonds is 11. The zero-order chi connectivity index (χ0) is 24.7. The highest BCUT2D eigenvalue weighted by molar-refractivity contribution is 5.86. The first kappa shape index (κ1) is 25.3. The highest BCUT2D eigenvalue weighted by Gasteiger charge is 2.31. The Bertz CT molecular complexity index is 976. The maximum atomic E-state index is 12.8. The van der Waals surface area contributed by atoms with Crippen molar-refractivity contribution >= 4 is 18.0 Å². The number of benzene rings is 2. The zero-order valence-corrected chi connectivity index (χ0v) is 20.0. The maximum Gasteiger partial charge on any atom is 0.407 e. The molecule has 7 heteroatoms. The summed E-state index contributed by atoms with van der Waals surface area (Å²) in [5.41, 5.74) is 4.54. The van der Waals surface area contributed by atoms with Crippen LogP contribution in [-0.2, 0) is 14.3 Å². The summed E-state index contributed by atoms with van der Waals surface area (Å²) in [5, 5.41) is 14.6. The normalized spacial score (nSPS) is 14.9. The van der Waals surface area contributed by atoms with Crippen molar-refractivity contribution in [2.45, 2.75) is 52.0 Å². The summed E-state index contributed by atoms with van der Waals surface area (Å²) in [4.78, 5) is 36.5. The SMILES string of the molecule is CCC(CNC(=O)C(NC(=O)OCC1c2ccccc2-c2ccccc21)C(C)CC)CC(=O)O. The van der Waals surface area contributed by atoms with E-state index >= 15 is 0 Å². The molecule has 0 spiro atoms. The molecule has 0 fully saturated rings. The Kier molecular flexibility index (Phi) is 8.68. The molecule has 3 atom stereocenters. The van der Waals surface area contributed by atoms with Gasteiger partial charge in [-0.1, -0.05) is 82.1 Å². The van der Waals surface area contributed by atoms with Crippen LogP contribution in [0.25, 0.3) is 11.1 Å². The first-order chi connectivity index (χ1) is 16.3. The fourth-order valence-electron chi connectivity index (χ4n) is 4.43. The van der Waals surface area contributed by atoms with E-state index in [0.29, 0.717) is 12.8 Å². The van der Waals surface area contributed by atoms with E-state index in [1.807, 2.05) is 45.0 Å². The number of carbonyl (C=O) groups is 3. The van der Waals surface area contributed by atoms with Crippen molar-refractivity contribution in [3.05, 3.63) is 59.7 Å². The van der Waals surface area contributed by atoms with Crippen molar-refractivity contribution in [1.29, 1.82) is 0 Å². The number of fused-ring (bicyclic) bond motifs is 3. The minimum absolute atomic E-state index is 0.00934. The molecule has 182 valence electrons. The van der Waals surface area contributed by atoms with Crippen LogP contribution >= 0.6 is 0 Å². The highest BCUT2D eigenvalue weighted by Crippen LogP contribution is 2.44. The monoisotopic (exact) mass is 466 g/mol. The molecule has 34 heavy (non-hydrogen) atoms. The average molecular weight is 467 g/mol. The molecule has 2 aromatic rings. The molecule has 1 aliphatic rings. The van der Waals surface area contributed by atoms with Gasteiger partial charge in [-0.15, -0.1) is 0 Å². The van der Waals surface area contributed by atoms with Gasteiger partial charge < -0.3 is 20.5 Å². The molecule has 0 heterocycles. The molecule has 3 unspecified atom stereocenters. The van der Waals surface area contributed by atoms with Gasteiger partial charge in [0.1, 0.15) is 12.6 Å². The Labute approximate surface area is 200 Å². The Hall–Kier alpha value is -3.35. The van der Waals surface area contributed by atoms with Crippen LogP contribution in [0.3, 0.4) is 0 Å². The third-order valence-corrected chi connectivity index (χ3v) is 6.72. The van der Waals surface area contributed by atoms with Crippen molar-refractivity contribution < 1.29 is 24.2 Å². The molecule has 3 rings (SSSR count). The van der Waals surface area contributed by atoms with E-state index < -0.39 is 18.1 Å². The molecule has 0 saturated heterocycles. The molecule has 0 aliphatic heterocycles. The number of amides is 2. The third kappa shape index (κ3) is 5.95. The summed E-state index contributed by atoms with van der Waals surface area (Å²) in [6.07, 6.45) is 0.680. The summed E-state index contributed by atoms with van der Waals surface area (Å²) in [7, 11) is 0. The lowest BCUT2D eigenvalue weighted by Gasteiger charge is -2.25. The fraction of sp³-hybridized carbons (Fsp3) is 0.444. The summed E-state index contributed by atoms with van der Waals surface area (Å²) in [6, 6.07) is 15.5. The van der Waals surface area contributed by atoms with Crippen molar-refractivity contribution in [2.24, 2.45) is 11.8 Å². The molecule has 1 aliphatic carbocycles. The Morgan fingerprint density at radius 3 is 2.09 bits per heavy atom. The number of nitrogens with one attached hydrogen (secondary N) is 2. The Balaban J connectivity index is 1.62. The van der Waals surface area contributed by atoms with E-state index in [-0.39, 0.29) is 43.2 Å². The van der Waals surface area contributed by atoms with Gasteiger partial charge in [-0.25, -0.2) is 4.79 Å². The molecule has 0 radical (unpaired) electrons. The lowest BCUT2D eigenvalue weighted by Crippen LogP contribution is -2.51. The first-order valence-electron chi connectivity index (χ1n) is 12.0. The summed E-state index contributed by atoms with van der Waals surface area (Å²) >= 11 is 0. The molecule has 2 aromatic carbocycles. The average Bonchev–Trinajstić information content (AvgIpc) is 3.16. The summed E-state index contributed by atoms with van der Waals surface area (Å²) in [6.45, 7) is 6.15. The molecule has 0 aromatic heterocycles. The van der Waals surface area contributed by atoms with Crippen molar-refractivity contribution in [1.82, 2.24) is 10.6 Å². The van der Waals surface area contributed by atoms with Gasteiger partial charge in [0.2, 0.25) is 5.91 Å². The number of hydrogen-bond donors (Lipinski definition) is 3. The topological polar surface area (TPSA) is 105 Å². The van der Waals surface area contributed by atoms with Crippen LogP contribution in [-0.4, -0.2) is 42.3 Å². The molecule has 0 bridgehead atoms. The molecular formula is C27H34N2O5. The number of carboxylic acid groups (broad SMARTS) is 1. The van der Waals surface area contributed by atoms with E-state index in [9.17, 15) is 14.4 Å². The van der Waals surface area contributed by atoms with Gasteiger partial charge in [0.15, 0.2) is 0 Å². The second-order valence-corrected chi connectivity index (χ2v) is 8.95. The van der Waals surface area contributed by atoms with Crippen LogP contribution in [0, 0.1) is 11.8 Å². The zero-order valence-electron chi connectivity index (χ0n) is 20.0. The van der Waals surface area contributed by atoms with Gasteiger partial charge in [-0.3, -0.25) is 9.59 Å². The number of carbonyl (C=O) groups excluding carboxylic acids is 2. The van der Waals surface area contributed by atoms with E-state index in [1.54, 1.807) is 0 Å². The van der Waals surface area contributed by atoms with E-state index in [4.69, 9.17) is 9.84 Å². The standard InChI is InChI=1S/C27H34N2O5/c1-4-17(3)25(26(32)28-15-18(5-2)14-24(30)31)29-27(33)34-16-23-21-12-8-6-10-19(21)20-11-7-9-13-22(20)23/h6-13,17-18,23,25H,4-5,14-16H2,1-3H3,(H,28,32)(H,29,33)(H,30,31). The Morgan fingerprint density at radius 2 is 1.56 bits per heavy atom. The number of ether oxygens (including phenoxy) is 1. The van der Waals surface area contributed by atoms with Gasteiger partial charge in [0.05, 0.1) is 0 Å². The lowest BCUT2D eigenvalue weighted by atomic mass is 9.97. The molecular weight excluding hydrogens is 432 g/mol. The molecule has 7 nitrogen and oxygen atoms in total. The van der Waals surface area contributed by atoms with E-state index in [0.717, 1.165) is 22.3 Å². The second-order valence-electron chi connectivity index (χ2n) is 8.95. The summed E-state index contributed by atoms with van der Waals surface area (Å²) < 4.78 is 5.61. The van der Waals surface area contributed by atoms with E-state index in [1.165, 1.54) is 0 Å². The first-order valence-corrected chi connectivity index (χ1v) is 12.0. The molecule has 3 N–H and O–H groups in total. The molecule has 2 amide bonds. The quantitative estimate of drug-likeness (QED) is 0.450. The number of alkyl carbamates (subject to hydrolysis) is 1. The van der Waals surface area contributed by atoms with Gasteiger partial charge in [-0.05, 0) is 34.1 Å². The van der Waals surface area contributed by atoms with Crippen molar-refractivity contribution in [2.75, 3.05) is 13.2 Å². The Morgan fingerprint density at radius 1 is 0.971 bits per heavy atom. The fourth-order valence-corrected chi connectivity index (χ4v) is 4.43. The van der Waals surface area contributed by atoms with Gasteiger partial charge in [0.25, 0.3) is 0 Å². The van der Waals surface area contributed by atoms with Crippen LogP contribution in [0.2, 0.25) is 0 Å². The third-order valence-electron chi connectivity index (χ3n) is 6.72. The van der Waals surface area contributed by atoms with Crippen LogP contribution < -0.4 is 10.6 Å². The van der Waals surface area contributed by atoms with Crippen LogP contribution in [0.5, 0.6) is 0 Å².